The van der Waals surface area contributed by atoms with E-state index in [1.165, 1.54) is 28.6 Å². The number of esters is 1. The van der Waals surface area contributed by atoms with Crippen molar-refractivity contribution in [2.45, 2.75) is 24.2 Å². The molecule has 2 aliphatic heterocycles. The van der Waals surface area contributed by atoms with Gasteiger partial charge in [-0.05, 0) is 25.0 Å². The summed E-state index contributed by atoms with van der Waals surface area (Å²) in [5.41, 5.74) is -0.123. The predicted molar refractivity (Wildman–Crippen MR) is 94.4 cm³/mol. The van der Waals surface area contributed by atoms with Crippen LogP contribution in [-0.4, -0.2) is 68.3 Å². The molecule has 0 spiro atoms. The summed E-state index contributed by atoms with van der Waals surface area (Å²) in [6.07, 6.45) is 2.53. The molecule has 146 valence electrons. The molecule has 2 saturated heterocycles. The molecule has 10 heteroatoms. The number of carbonyl (C=O) groups excluding carboxylic acids is 3. The van der Waals surface area contributed by atoms with E-state index in [1.807, 2.05) is 0 Å². The van der Waals surface area contributed by atoms with E-state index in [1.54, 1.807) is 0 Å². The number of benzene rings is 1. The Balaban J connectivity index is 1.74. The van der Waals surface area contributed by atoms with Gasteiger partial charge in [0.1, 0.15) is 0 Å². The van der Waals surface area contributed by atoms with Crippen LogP contribution in [0.25, 0.3) is 0 Å². The lowest BCUT2D eigenvalue weighted by molar-refractivity contribution is -0.130. The van der Waals surface area contributed by atoms with Gasteiger partial charge in [-0.25, -0.2) is 18.0 Å². The van der Waals surface area contributed by atoms with Crippen molar-refractivity contribution in [1.82, 2.24) is 14.5 Å². The Hall–Kier alpha value is -2.46. The Bertz CT molecular complexity index is 848. The second-order valence-electron chi connectivity index (χ2n) is 6.31. The minimum absolute atomic E-state index is 0.123. The summed E-state index contributed by atoms with van der Waals surface area (Å²) in [7, 11) is -3.83. The van der Waals surface area contributed by atoms with Crippen molar-refractivity contribution in [2.24, 2.45) is 0 Å². The maximum atomic E-state index is 12.9. The van der Waals surface area contributed by atoms with Gasteiger partial charge in [0.2, 0.25) is 10.0 Å². The number of hydrogen-bond acceptors (Lipinski definition) is 6. The van der Waals surface area contributed by atoms with Crippen LogP contribution in [0.1, 0.15) is 29.6 Å². The third-order valence-electron chi connectivity index (χ3n) is 4.52. The van der Waals surface area contributed by atoms with E-state index in [0.717, 1.165) is 24.2 Å². The van der Waals surface area contributed by atoms with Crippen molar-refractivity contribution in [2.75, 3.05) is 32.8 Å². The third-order valence-corrected chi connectivity index (χ3v) is 6.48. The zero-order chi connectivity index (χ0) is 19.4. The van der Waals surface area contributed by atoms with Gasteiger partial charge in [-0.3, -0.25) is 9.69 Å². The van der Waals surface area contributed by atoms with Crippen molar-refractivity contribution in [3.63, 3.8) is 0 Å². The topological polar surface area (TPSA) is 113 Å². The monoisotopic (exact) mass is 395 g/mol. The number of ether oxygens (including phenoxy) is 1. The molecule has 27 heavy (non-hydrogen) atoms. The average molecular weight is 395 g/mol. The van der Waals surface area contributed by atoms with Crippen molar-refractivity contribution in [3.8, 4) is 0 Å². The lowest BCUT2D eigenvalue weighted by Crippen LogP contribution is -2.38. The SMILES string of the molecule is O=C(OCC(=O)N1CCNC1=O)c1ccccc1S(=O)(=O)N1CCCCC1. The first-order valence-electron chi connectivity index (χ1n) is 8.76. The standard InChI is InChI=1S/C17H21N3O6S/c21-15(20-11-8-18-17(20)23)12-26-16(22)13-6-2-3-7-14(13)27(24,25)19-9-4-1-5-10-19/h2-3,6-7H,1,4-5,8-12H2,(H,18,23). The molecule has 0 saturated carbocycles. The number of carbonyl (C=O) groups is 3. The molecule has 0 bridgehead atoms. The highest BCUT2D eigenvalue weighted by atomic mass is 32.2. The lowest BCUT2D eigenvalue weighted by atomic mass is 10.2. The number of nitrogens with one attached hydrogen (secondary N) is 1. The van der Waals surface area contributed by atoms with Crippen molar-refractivity contribution >= 4 is 27.9 Å². The molecule has 0 aromatic heterocycles. The van der Waals surface area contributed by atoms with Crippen LogP contribution in [0, 0.1) is 0 Å². The Morgan fingerprint density at radius 1 is 1.07 bits per heavy atom. The molecule has 9 nitrogen and oxygen atoms in total. The Morgan fingerprint density at radius 2 is 1.78 bits per heavy atom. The zero-order valence-electron chi connectivity index (χ0n) is 14.7. The fourth-order valence-corrected chi connectivity index (χ4v) is 4.79. The van der Waals surface area contributed by atoms with Crippen molar-refractivity contribution in [3.05, 3.63) is 29.8 Å². The molecular formula is C17H21N3O6S. The minimum Gasteiger partial charge on any atom is -0.452 e. The second-order valence-corrected chi connectivity index (χ2v) is 8.22. The highest BCUT2D eigenvalue weighted by Crippen LogP contribution is 2.24. The van der Waals surface area contributed by atoms with Crippen LogP contribution in [0.15, 0.2) is 29.2 Å². The number of imide groups is 1. The van der Waals surface area contributed by atoms with Gasteiger partial charge in [0, 0.05) is 26.2 Å². The molecule has 0 atom stereocenters. The number of hydrogen-bond donors (Lipinski definition) is 1. The fourth-order valence-electron chi connectivity index (χ4n) is 3.10. The predicted octanol–water partition coefficient (Wildman–Crippen LogP) is 0.570. The number of sulfonamides is 1. The lowest BCUT2D eigenvalue weighted by Gasteiger charge is -2.26. The number of nitrogens with zero attached hydrogens (tertiary/aromatic N) is 2. The van der Waals surface area contributed by atoms with E-state index in [0.29, 0.717) is 19.6 Å². The van der Waals surface area contributed by atoms with Crippen LogP contribution in [0.3, 0.4) is 0 Å². The van der Waals surface area contributed by atoms with Gasteiger partial charge < -0.3 is 10.1 Å². The Kier molecular flexibility index (Phi) is 5.76. The van der Waals surface area contributed by atoms with E-state index < -0.39 is 34.5 Å². The summed E-state index contributed by atoms with van der Waals surface area (Å²) in [5.74, 6) is -1.58. The molecule has 0 radical (unpaired) electrons. The highest BCUT2D eigenvalue weighted by molar-refractivity contribution is 7.89. The van der Waals surface area contributed by atoms with Crippen LogP contribution in [0.5, 0.6) is 0 Å². The Labute approximate surface area is 157 Å². The van der Waals surface area contributed by atoms with Crippen LogP contribution >= 0.6 is 0 Å². The second kappa shape index (κ2) is 8.05. The van der Waals surface area contributed by atoms with Crippen LogP contribution in [-0.2, 0) is 19.6 Å². The molecular weight excluding hydrogens is 374 g/mol. The summed E-state index contributed by atoms with van der Waals surface area (Å²) >= 11 is 0. The first-order valence-corrected chi connectivity index (χ1v) is 10.2. The molecule has 3 amide bonds. The fraction of sp³-hybridized carbons (Fsp3) is 0.471. The molecule has 1 aromatic rings. The first kappa shape index (κ1) is 19.3. The molecule has 0 aliphatic carbocycles. The van der Waals surface area contributed by atoms with Gasteiger partial charge in [0.05, 0.1) is 10.5 Å². The van der Waals surface area contributed by atoms with Gasteiger partial charge >= 0.3 is 12.0 Å². The van der Waals surface area contributed by atoms with E-state index in [9.17, 15) is 22.8 Å². The van der Waals surface area contributed by atoms with E-state index in [-0.39, 0.29) is 17.0 Å². The summed E-state index contributed by atoms with van der Waals surface area (Å²) in [5, 5.41) is 2.48. The maximum absolute atomic E-state index is 12.9. The van der Waals surface area contributed by atoms with Gasteiger partial charge in [-0.15, -0.1) is 0 Å². The normalized spacial score (nSPS) is 18.2. The smallest absolute Gasteiger partial charge is 0.340 e. The first-order chi connectivity index (χ1) is 12.9. The molecule has 1 N–H and O–H groups in total. The van der Waals surface area contributed by atoms with E-state index >= 15 is 0 Å². The molecule has 1 aromatic carbocycles. The van der Waals surface area contributed by atoms with Crippen molar-refractivity contribution in [1.29, 1.82) is 0 Å². The summed E-state index contributed by atoms with van der Waals surface area (Å²) in [6.45, 7) is 0.734. The van der Waals surface area contributed by atoms with Crippen LogP contribution < -0.4 is 5.32 Å². The molecule has 2 heterocycles. The molecule has 0 unspecified atom stereocenters. The van der Waals surface area contributed by atoms with Crippen LogP contribution in [0.2, 0.25) is 0 Å². The number of urea groups is 1. The molecule has 2 fully saturated rings. The molecule has 3 rings (SSSR count). The van der Waals surface area contributed by atoms with E-state index in [4.69, 9.17) is 4.74 Å². The average Bonchev–Trinajstić information content (AvgIpc) is 3.12. The molecule has 2 aliphatic rings. The summed E-state index contributed by atoms with van der Waals surface area (Å²) in [6, 6.07) is 5.24. The van der Waals surface area contributed by atoms with Gasteiger partial charge in [-0.1, -0.05) is 18.6 Å². The zero-order valence-corrected chi connectivity index (χ0v) is 15.5. The van der Waals surface area contributed by atoms with Crippen LogP contribution in [0.4, 0.5) is 4.79 Å². The number of piperidine rings is 1. The number of rotatable bonds is 5. The minimum atomic E-state index is -3.83. The van der Waals surface area contributed by atoms with E-state index in [2.05, 4.69) is 5.32 Å². The van der Waals surface area contributed by atoms with Gasteiger partial charge in [-0.2, -0.15) is 4.31 Å². The summed E-state index contributed by atoms with van der Waals surface area (Å²) < 4.78 is 32.1. The quantitative estimate of drug-likeness (QED) is 0.730. The summed E-state index contributed by atoms with van der Waals surface area (Å²) in [4.78, 5) is 36.7. The largest absolute Gasteiger partial charge is 0.452 e. The van der Waals surface area contributed by atoms with Gasteiger partial charge in [0.15, 0.2) is 6.61 Å². The number of amides is 3. The third kappa shape index (κ3) is 4.11. The highest BCUT2D eigenvalue weighted by Gasteiger charge is 2.31. The van der Waals surface area contributed by atoms with Crippen molar-refractivity contribution < 1.29 is 27.5 Å². The van der Waals surface area contributed by atoms with Gasteiger partial charge in [0.25, 0.3) is 5.91 Å². The maximum Gasteiger partial charge on any atom is 0.340 e. The Morgan fingerprint density at radius 3 is 2.44 bits per heavy atom.